The number of hydrogen-bond donors (Lipinski definition) is 1. The van der Waals surface area contributed by atoms with E-state index in [1.54, 1.807) is 0 Å². The molecule has 0 aromatic heterocycles. The first kappa shape index (κ1) is 26.6. The average molecular weight is 526 g/mol. The van der Waals surface area contributed by atoms with Gasteiger partial charge in [0.05, 0.1) is 29.2 Å². The fourth-order valence-electron chi connectivity index (χ4n) is 2.18. The van der Waals surface area contributed by atoms with Crippen molar-refractivity contribution in [2.24, 2.45) is 0 Å². The van der Waals surface area contributed by atoms with Gasteiger partial charge in [-0.3, -0.25) is 4.55 Å². The molecule has 9 heteroatoms. The maximum atomic E-state index is 12.1. The van der Waals surface area contributed by atoms with Crippen LogP contribution in [-0.2, 0) is 19.6 Å². The molecule has 0 aliphatic rings. The summed E-state index contributed by atoms with van der Waals surface area (Å²) in [5, 5.41) is 0. The SMILES string of the molecule is CCCCCOC(=O)c1cc(C(=O)OCCCCC)cc(S(=O)(=O)O)c1.[Ba+2].[H-].[H-]. The Morgan fingerprint density at radius 2 is 1.30 bits per heavy atom. The van der Waals surface area contributed by atoms with Crippen LogP contribution in [0, 0.1) is 0 Å². The van der Waals surface area contributed by atoms with Gasteiger partial charge in [0.25, 0.3) is 10.1 Å². The van der Waals surface area contributed by atoms with Gasteiger partial charge in [-0.25, -0.2) is 9.59 Å². The van der Waals surface area contributed by atoms with Crippen molar-refractivity contribution >= 4 is 70.9 Å². The summed E-state index contributed by atoms with van der Waals surface area (Å²) in [7, 11) is -4.59. The Labute approximate surface area is 204 Å². The molecule has 1 rings (SSSR count). The van der Waals surface area contributed by atoms with E-state index in [1.165, 1.54) is 6.07 Å². The monoisotopic (exact) mass is 526 g/mol. The summed E-state index contributed by atoms with van der Waals surface area (Å²) in [5.41, 5.74) is -0.255. The normalized spacial score (nSPS) is 10.8. The molecule has 1 N–H and O–H groups in total. The topological polar surface area (TPSA) is 107 Å². The van der Waals surface area contributed by atoms with Gasteiger partial charge in [-0.05, 0) is 31.0 Å². The number of carbonyl (C=O) groups excluding carboxylic acids is 2. The molecule has 0 spiro atoms. The van der Waals surface area contributed by atoms with Crippen molar-refractivity contribution in [1.82, 2.24) is 0 Å². The first-order chi connectivity index (χ1) is 12.3. The van der Waals surface area contributed by atoms with Crippen molar-refractivity contribution in [2.45, 2.75) is 57.3 Å². The van der Waals surface area contributed by atoms with E-state index in [0.717, 1.165) is 37.8 Å². The maximum absolute atomic E-state index is 12.1. The van der Waals surface area contributed by atoms with Gasteiger partial charge in [-0.15, -0.1) is 0 Å². The molecule has 0 saturated heterocycles. The third kappa shape index (κ3) is 10.1. The first-order valence-electron chi connectivity index (χ1n) is 8.76. The second-order valence-corrected chi connectivity index (χ2v) is 7.33. The Kier molecular flexibility index (Phi) is 13.6. The first-order valence-corrected chi connectivity index (χ1v) is 10.2. The van der Waals surface area contributed by atoms with Crippen LogP contribution >= 0.6 is 0 Å². The Hall–Kier alpha value is -0.359. The number of carbonyl (C=O) groups is 2. The summed E-state index contributed by atoms with van der Waals surface area (Å²) < 4.78 is 42.3. The van der Waals surface area contributed by atoms with Crippen molar-refractivity contribution in [3.63, 3.8) is 0 Å². The smallest absolute Gasteiger partial charge is 1.00 e. The molecule has 7 nitrogen and oxygen atoms in total. The van der Waals surface area contributed by atoms with E-state index in [0.29, 0.717) is 12.8 Å². The van der Waals surface area contributed by atoms with Crippen LogP contribution < -0.4 is 0 Å². The minimum absolute atomic E-state index is 0. The van der Waals surface area contributed by atoms with Crippen LogP contribution in [0.4, 0.5) is 0 Å². The average Bonchev–Trinajstić information content (AvgIpc) is 2.61. The molecule has 150 valence electrons. The minimum atomic E-state index is -4.59. The van der Waals surface area contributed by atoms with E-state index in [2.05, 4.69) is 0 Å². The number of ether oxygens (including phenoxy) is 2. The number of rotatable bonds is 11. The van der Waals surface area contributed by atoms with E-state index in [-0.39, 0.29) is 76.1 Å². The summed E-state index contributed by atoms with van der Waals surface area (Å²) in [6.07, 6.45) is 5.09. The summed E-state index contributed by atoms with van der Waals surface area (Å²) in [6, 6.07) is 3.16. The Balaban J connectivity index is -0.00000225. The van der Waals surface area contributed by atoms with Gasteiger partial charge in [-0.1, -0.05) is 39.5 Å². The van der Waals surface area contributed by atoms with Gasteiger partial charge in [0.15, 0.2) is 0 Å². The summed E-state index contributed by atoms with van der Waals surface area (Å²) >= 11 is 0. The van der Waals surface area contributed by atoms with E-state index in [9.17, 15) is 22.6 Å². The number of hydrogen-bond acceptors (Lipinski definition) is 6. The minimum Gasteiger partial charge on any atom is -1.00 e. The predicted molar refractivity (Wildman–Crippen MR) is 104 cm³/mol. The molecule has 0 fully saturated rings. The van der Waals surface area contributed by atoms with Gasteiger partial charge in [0.1, 0.15) is 0 Å². The number of unbranched alkanes of at least 4 members (excludes halogenated alkanes) is 4. The van der Waals surface area contributed by atoms with Crippen LogP contribution in [0.2, 0.25) is 0 Å². The van der Waals surface area contributed by atoms with Crippen LogP contribution in [0.25, 0.3) is 0 Å². The molecular formula is C18H28BaO7S. The third-order valence-electron chi connectivity index (χ3n) is 3.64. The summed E-state index contributed by atoms with van der Waals surface area (Å²) in [4.78, 5) is 23.7. The third-order valence-corrected chi connectivity index (χ3v) is 4.47. The quantitative estimate of drug-likeness (QED) is 0.204. The molecule has 0 radical (unpaired) electrons. The van der Waals surface area contributed by atoms with Crippen molar-refractivity contribution in [3.05, 3.63) is 29.3 Å². The van der Waals surface area contributed by atoms with E-state index in [4.69, 9.17) is 9.47 Å². The zero-order valence-electron chi connectivity index (χ0n) is 17.9. The Morgan fingerprint density at radius 3 is 1.63 bits per heavy atom. The molecule has 0 saturated carbocycles. The second-order valence-electron chi connectivity index (χ2n) is 5.91. The number of esters is 2. The van der Waals surface area contributed by atoms with Gasteiger partial charge in [0, 0.05) is 0 Å². The zero-order chi connectivity index (χ0) is 19.6. The Bertz CT molecular complexity index is 685. The number of benzene rings is 1. The van der Waals surface area contributed by atoms with Crippen molar-refractivity contribution in [2.75, 3.05) is 13.2 Å². The molecule has 1 aromatic carbocycles. The van der Waals surface area contributed by atoms with Gasteiger partial charge in [0.2, 0.25) is 0 Å². The molecule has 1 aromatic rings. The molecule has 0 aliphatic carbocycles. The molecule has 0 aliphatic heterocycles. The van der Waals surface area contributed by atoms with Crippen molar-refractivity contribution in [3.8, 4) is 0 Å². The van der Waals surface area contributed by atoms with Crippen LogP contribution in [-0.4, -0.2) is 87.0 Å². The Morgan fingerprint density at radius 1 is 0.889 bits per heavy atom. The van der Waals surface area contributed by atoms with Crippen molar-refractivity contribution < 1.29 is 34.9 Å². The van der Waals surface area contributed by atoms with Crippen LogP contribution in [0.1, 0.15) is 75.9 Å². The maximum Gasteiger partial charge on any atom is 2.00 e. The molecule has 0 amide bonds. The molecule has 0 bridgehead atoms. The fraction of sp³-hybridized carbons (Fsp3) is 0.556. The molecule has 0 unspecified atom stereocenters. The molecule has 27 heavy (non-hydrogen) atoms. The van der Waals surface area contributed by atoms with Crippen LogP contribution in [0.3, 0.4) is 0 Å². The second kappa shape index (κ2) is 13.8. The zero-order valence-corrected chi connectivity index (χ0v) is 21.2. The predicted octanol–water partition coefficient (Wildman–Crippen LogP) is 3.47. The molecule has 0 heterocycles. The van der Waals surface area contributed by atoms with Gasteiger partial charge in [-0.2, -0.15) is 8.42 Å². The molecular weight excluding hydrogens is 498 g/mol. The van der Waals surface area contributed by atoms with Gasteiger partial charge < -0.3 is 12.3 Å². The van der Waals surface area contributed by atoms with Crippen LogP contribution in [0.5, 0.6) is 0 Å². The van der Waals surface area contributed by atoms with E-state index >= 15 is 0 Å². The fourth-order valence-corrected chi connectivity index (χ4v) is 2.74. The van der Waals surface area contributed by atoms with E-state index in [1.807, 2.05) is 13.8 Å². The molecule has 0 atom stereocenters. The van der Waals surface area contributed by atoms with Gasteiger partial charge >= 0.3 is 60.8 Å². The van der Waals surface area contributed by atoms with Crippen LogP contribution in [0.15, 0.2) is 23.1 Å². The standard InChI is InChI=1S/C18H26O7S.Ba.2H/c1-3-5-7-9-24-17(19)14-11-15(13-16(12-14)26(21,22)23)18(20)25-10-8-6-4-2;;;/h11-13H,3-10H2,1-2H3,(H,21,22,23);;;/q;+2;2*-1. The summed E-state index contributed by atoms with van der Waals surface area (Å²) in [5.74, 6) is -1.52. The summed E-state index contributed by atoms with van der Waals surface area (Å²) in [6.45, 7) is 4.41. The van der Waals surface area contributed by atoms with E-state index < -0.39 is 27.0 Å². The van der Waals surface area contributed by atoms with Crippen molar-refractivity contribution in [1.29, 1.82) is 0 Å². The largest absolute Gasteiger partial charge is 2.00 e.